The molecule has 1 aliphatic rings. The molecule has 0 unspecified atom stereocenters. The predicted octanol–water partition coefficient (Wildman–Crippen LogP) is 4.67. The van der Waals surface area contributed by atoms with Gasteiger partial charge in [0.15, 0.2) is 5.13 Å². The van der Waals surface area contributed by atoms with E-state index in [-0.39, 0.29) is 5.56 Å². The van der Waals surface area contributed by atoms with Crippen LogP contribution in [0.2, 0.25) is 0 Å². The highest BCUT2D eigenvalue weighted by Gasteiger charge is 2.23. The molecule has 5 rings (SSSR count). The van der Waals surface area contributed by atoms with Gasteiger partial charge in [0.1, 0.15) is 5.75 Å². The van der Waals surface area contributed by atoms with Crippen LogP contribution in [0.15, 0.2) is 71.0 Å². The van der Waals surface area contributed by atoms with Gasteiger partial charge in [0.05, 0.1) is 31.1 Å². The lowest BCUT2D eigenvalue weighted by Gasteiger charge is -2.12. The molecule has 1 aliphatic carbocycles. The first-order valence-electron chi connectivity index (χ1n) is 10.2. The number of ether oxygens (including phenoxy) is 1. The summed E-state index contributed by atoms with van der Waals surface area (Å²) in [5.41, 5.74) is 3.77. The van der Waals surface area contributed by atoms with Crippen molar-refractivity contribution in [3.8, 4) is 28.1 Å². The van der Waals surface area contributed by atoms with Crippen molar-refractivity contribution in [2.75, 3.05) is 12.4 Å². The fourth-order valence-corrected chi connectivity index (χ4v) is 4.23. The molecule has 0 atom stereocenters. The van der Waals surface area contributed by atoms with E-state index in [4.69, 9.17) is 9.72 Å². The smallest absolute Gasteiger partial charge is 0.277 e. The number of nitrogens with one attached hydrogen (secondary N) is 1. The molecule has 6 nitrogen and oxygen atoms in total. The maximum Gasteiger partial charge on any atom is 0.277 e. The third-order valence-electron chi connectivity index (χ3n) is 5.29. The highest BCUT2D eigenvalue weighted by molar-refractivity contribution is 7.14. The van der Waals surface area contributed by atoms with Gasteiger partial charge in [-0.15, -0.1) is 11.3 Å². The summed E-state index contributed by atoms with van der Waals surface area (Å²) >= 11 is 1.53. The van der Waals surface area contributed by atoms with Crippen LogP contribution in [0.5, 0.6) is 5.75 Å². The quantitative estimate of drug-likeness (QED) is 0.462. The first-order valence-corrected chi connectivity index (χ1v) is 11.1. The van der Waals surface area contributed by atoms with Gasteiger partial charge < -0.3 is 10.1 Å². The number of aromatic nitrogens is 3. The zero-order valence-corrected chi connectivity index (χ0v) is 17.9. The van der Waals surface area contributed by atoms with Gasteiger partial charge in [-0.25, -0.2) is 9.67 Å². The minimum atomic E-state index is -0.152. The molecule has 1 saturated carbocycles. The molecule has 0 amide bonds. The zero-order chi connectivity index (χ0) is 21.2. The number of nitrogens with zero attached hydrogens (tertiary/aromatic N) is 3. The topological polar surface area (TPSA) is 69.0 Å². The highest BCUT2D eigenvalue weighted by atomic mass is 32.1. The summed E-state index contributed by atoms with van der Waals surface area (Å²) in [6.07, 6.45) is 4.10. The molecule has 0 radical (unpaired) electrons. The van der Waals surface area contributed by atoms with Crippen molar-refractivity contribution in [2.24, 2.45) is 0 Å². The summed E-state index contributed by atoms with van der Waals surface area (Å²) in [5, 5.41) is 10.7. The van der Waals surface area contributed by atoms with Crippen LogP contribution in [0.25, 0.3) is 22.4 Å². The van der Waals surface area contributed by atoms with Crippen LogP contribution in [0.3, 0.4) is 0 Å². The first kappa shape index (κ1) is 19.5. The third-order valence-corrected chi connectivity index (χ3v) is 6.06. The van der Waals surface area contributed by atoms with Crippen molar-refractivity contribution < 1.29 is 4.74 Å². The largest absolute Gasteiger partial charge is 0.497 e. The van der Waals surface area contributed by atoms with Crippen molar-refractivity contribution in [1.29, 1.82) is 0 Å². The lowest BCUT2D eigenvalue weighted by Crippen LogP contribution is -2.25. The summed E-state index contributed by atoms with van der Waals surface area (Å²) in [7, 11) is 1.64. The van der Waals surface area contributed by atoms with Gasteiger partial charge in [-0.2, -0.15) is 5.10 Å². The molecular weight excluding hydrogens is 408 g/mol. The predicted molar refractivity (Wildman–Crippen MR) is 124 cm³/mol. The van der Waals surface area contributed by atoms with Crippen LogP contribution < -0.4 is 15.6 Å². The van der Waals surface area contributed by atoms with Crippen molar-refractivity contribution >= 4 is 16.5 Å². The van der Waals surface area contributed by atoms with Crippen molar-refractivity contribution in [2.45, 2.75) is 25.4 Å². The molecule has 0 saturated heterocycles. The SMILES string of the molecule is COc1ccc(-c2cnn(Cc3ccccc3)c(=O)c2-c2csc(NC3CC3)n2)cc1. The summed E-state index contributed by atoms with van der Waals surface area (Å²) < 4.78 is 6.78. The number of rotatable bonds is 7. The number of hydrogen-bond donors (Lipinski definition) is 1. The van der Waals surface area contributed by atoms with Gasteiger partial charge in [-0.3, -0.25) is 4.79 Å². The van der Waals surface area contributed by atoms with Crippen LogP contribution >= 0.6 is 11.3 Å². The second kappa shape index (κ2) is 8.35. The molecule has 7 heteroatoms. The van der Waals surface area contributed by atoms with E-state index >= 15 is 0 Å². The summed E-state index contributed by atoms with van der Waals surface area (Å²) in [6, 6.07) is 18.0. The molecule has 0 spiro atoms. The molecule has 2 aromatic heterocycles. The molecule has 1 fully saturated rings. The summed E-state index contributed by atoms with van der Waals surface area (Å²) in [5.74, 6) is 0.764. The van der Waals surface area contributed by atoms with E-state index in [0.29, 0.717) is 23.8 Å². The molecule has 156 valence electrons. The Labute approximate surface area is 184 Å². The van der Waals surface area contributed by atoms with Gasteiger partial charge in [0.25, 0.3) is 5.56 Å². The number of anilines is 1. The summed E-state index contributed by atoms with van der Waals surface area (Å²) in [6.45, 7) is 0.410. The van der Waals surface area contributed by atoms with E-state index < -0.39 is 0 Å². The Morgan fingerprint density at radius 2 is 1.90 bits per heavy atom. The minimum Gasteiger partial charge on any atom is -0.497 e. The van der Waals surface area contributed by atoms with Gasteiger partial charge in [0, 0.05) is 17.0 Å². The summed E-state index contributed by atoms with van der Waals surface area (Å²) in [4.78, 5) is 18.3. The van der Waals surface area contributed by atoms with Crippen LogP contribution in [-0.2, 0) is 6.54 Å². The minimum absolute atomic E-state index is 0.152. The Kier molecular flexibility index (Phi) is 5.26. The van der Waals surface area contributed by atoms with Gasteiger partial charge in [-0.1, -0.05) is 42.5 Å². The lowest BCUT2D eigenvalue weighted by atomic mass is 10.0. The third kappa shape index (κ3) is 4.22. The molecule has 1 N–H and O–H groups in total. The fraction of sp³-hybridized carbons (Fsp3) is 0.208. The molecule has 2 aromatic carbocycles. The lowest BCUT2D eigenvalue weighted by molar-refractivity contribution is 0.415. The van der Waals surface area contributed by atoms with Crippen molar-refractivity contribution in [3.05, 3.63) is 82.1 Å². The Morgan fingerprint density at radius 3 is 2.61 bits per heavy atom. The maximum atomic E-state index is 13.6. The van der Waals surface area contributed by atoms with E-state index in [9.17, 15) is 4.79 Å². The van der Waals surface area contributed by atoms with Crippen LogP contribution in [0.4, 0.5) is 5.13 Å². The standard InChI is InChI=1S/C24H22N4O2S/c1-30-19-11-7-17(8-12-19)20-13-25-28(14-16-5-3-2-4-6-16)23(29)22(20)21-15-31-24(27-21)26-18-9-10-18/h2-8,11-13,15,18H,9-10,14H2,1H3,(H,26,27). The van der Waals surface area contributed by atoms with Crippen LogP contribution in [-0.4, -0.2) is 27.9 Å². The Morgan fingerprint density at radius 1 is 1.13 bits per heavy atom. The zero-order valence-electron chi connectivity index (χ0n) is 17.1. The molecule has 4 aromatic rings. The second-order valence-corrected chi connectivity index (χ2v) is 8.42. The number of benzene rings is 2. The average Bonchev–Trinajstić information content (AvgIpc) is 3.51. The molecule has 2 heterocycles. The number of hydrogen-bond acceptors (Lipinski definition) is 6. The van der Waals surface area contributed by atoms with E-state index in [1.165, 1.54) is 28.9 Å². The Hall–Kier alpha value is -3.45. The molecule has 31 heavy (non-hydrogen) atoms. The monoisotopic (exact) mass is 430 g/mol. The van der Waals surface area contributed by atoms with Gasteiger partial charge >= 0.3 is 0 Å². The fourth-order valence-electron chi connectivity index (χ4n) is 3.45. The Balaban J connectivity index is 1.60. The maximum absolute atomic E-state index is 13.6. The number of methoxy groups -OCH3 is 1. The van der Waals surface area contributed by atoms with Crippen LogP contribution in [0, 0.1) is 0 Å². The average molecular weight is 431 g/mol. The number of thiazole rings is 1. The molecule has 0 aliphatic heterocycles. The van der Waals surface area contributed by atoms with E-state index in [1.807, 2.05) is 60.0 Å². The van der Waals surface area contributed by atoms with Crippen LogP contribution in [0.1, 0.15) is 18.4 Å². The normalized spacial score (nSPS) is 13.2. The first-order chi connectivity index (χ1) is 15.2. The highest BCUT2D eigenvalue weighted by Crippen LogP contribution is 2.33. The Bertz CT molecular complexity index is 1240. The van der Waals surface area contributed by atoms with Gasteiger partial charge in [-0.05, 0) is 36.1 Å². The molecule has 0 bridgehead atoms. The van der Waals surface area contributed by atoms with E-state index in [2.05, 4.69) is 10.4 Å². The van der Waals surface area contributed by atoms with E-state index in [0.717, 1.165) is 27.6 Å². The van der Waals surface area contributed by atoms with Crippen molar-refractivity contribution in [1.82, 2.24) is 14.8 Å². The second-order valence-electron chi connectivity index (χ2n) is 7.57. The molecular formula is C24H22N4O2S. The van der Waals surface area contributed by atoms with E-state index in [1.54, 1.807) is 13.3 Å². The van der Waals surface area contributed by atoms with Gasteiger partial charge in [0.2, 0.25) is 0 Å². The van der Waals surface area contributed by atoms with Crippen molar-refractivity contribution in [3.63, 3.8) is 0 Å².